The van der Waals surface area contributed by atoms with E-state index in [4.69, 9.17) is 5.11 Å². The predicted octanol–water partition coefficient (Wildman–Crippen LogP) is 2.88. The molecular formula is C15H23NO2. The minimum atomic E-state index is -0.329. The molecule has 0 saturated carbocycles. The molecule has 0 aliphatic carbocycles. The first-order chi connectivity index (χ1) is 8.42. The van der Waals surface area contributed by atoms with Crippen LogP contribution in [0.4, 0.5) is 5.69 Å². The first kappa shape index (κ1) is 14.7. The summed E-state index contributed by atoms with van der Waals surface area (Å²) in [5.74, 6) is -0.430. The molecule has 2 N–H and O–H groups in total. The summed E-state index contributed by atoms with van der Waals surface area (Å²) in [4.78, 5) is 12.0. The van der Waals surface area contributed by atoms with Crippen LogP contribution in [-0.2, 0) is 4.79 Å². The third kappa shape index (κ3) is 2.91. The number of aryl methyl sites for hydroxylation is 2. The Labute approximate surface area is 109 Å². The van der Waals surface area contributed by atoms with Gasteiger partial charge in [-0.25, -0.2) is 0 Å². The van der Waals surface area contributed by atoms with Gasteiger partial charge in [0.15, 0.2) is 0 Å². The maximum atomic E-state index is 12.0. The molecule has 1 aromatic rings. The molecule has 18 heavy (non-hydrogen) atoms. The SMILES string of the molecule is CCC(CO)C(=O)Nc1c(C)c(C)cc(C)c1C. The minimum absolute atomic E-state index is 0.101. The van der Waals surface area contributed by atoms with Crippen LogP contribution in [0.15, 0.2) is 6.07 Å². The van der Waals surface area contributed by atoms with Crippen molar-refractivity contribution < 1.29 is 9.90 Å². The van der Waals surface area contributed by atoms with Crippen LogP contribution in [0.3, 0.4) is 0 Å². The van der Waals surface area contributed by atoms with Crippen LogP contribution < -0.4 is 5.32 Å². The third-order valence-electron chi connectivity index (χ3n) is 3.70. The Morgan fingerprint density at radius 2 is 1.72 bits per heavy atom. The average Bonchev–Trinajstić information content (AvgIpc) is 2.33. The molecule has 1 rings (SSSR count). The first-order valence-corrected chi connectivity index (χ1v) is 6.41. The Hall–Kier alpha value is -1.35. The van der Waals surface area contributed by atoms with Gasteiger partial charge in [0, 0.05) is 5.69 Å². The molecule has 0 fully saturated rings. The second-order valence-electron chi connectivity index (χ2n) is 4.91. The smallest absolute Gasteiger partial charge is 0.229 e. The van der Waals surface area contributed by atoms with Crippen LogP contribution in [0.2, 0.25) is 0 Å². The molecule has 3 heteroatoms. The Kier molecular flexibility index (Phi) is 4.91. The fourth-order valence-corrected chi connectivity index (χ4v) is 2.03. The van der Waals surface area contributed by atoms with E-state index in [0.717, 1.165) is 16.8 Å². The number of amides is 1. The molecule has 0 bridgehead atoms. The van der Waals surface area contributed by atoms with Crippen molar-refractivity contribution in [3.05, 3.63) is 28.3 Å². The van der Waals surface area contributed by atoms with Crippen molar-refractivity contribution in [1.82, 2.24) is 0 Å². The van der Waals surface area contributed by atoms with Gasteiger partial charge in [-0.05, 0) is 56.4 Å². The standard InChI is InChI=1S/C15H23NO2/c1-6-13(8-17)15(18)16-14-11(4)9(2)7-10(3)12(14)5/h7,13,17H,6,8H2,1-5H3,(H,16,18). The summed E-state index contributed by atoms with van der Waals surface area (Å²) in [6.45, 7) is 9.91. The number of aliphatic hydroxyl groups excluding tert-OH is 1. The number of hydrogen-bond acceptors (Lipinski definition) is 2. The maximum absolute atomic E-state index is 12.0. The largest absolute Gasteiger partial charge is 0.396 e. The monoisotopic (exact) mass is 249 g/mol. The van der Waals surface area contributed by atoms with Crippen molar-refractivity contribution in [2.24, 2.45) is 5.92 Å². The van der Waals surface area contributed by atoms with Gasteiger partial charge in [-0.3, -0.25) is 4.79 Å². The van der Waals surface area contributed by atoms with E-state index in [1.54, 1.807) is 0 Å². The van der Waals surface area contributed by atoms with E-state index in [1.165, 1.54) is 11.1 Å². The highest BCUT2D eigenvalue weighted by Gasteiger charge is 2.18. The van der Waals surface area contributed by atoms with Crippen LogP contribution in [0.5, 0.6) is 0 Å². The molecule has 1 atom stereocenters. The topological polar surface area (TPSA) is 49.3 Å². The summed E-state index contributed by atoms with van der Waals surface area (Å²) in [7, 11) is 0. The molecule has 0 aliphatic rings. The molecule has 0 radical (unpaired) electrons. The molecule has 0 aliphatic heterocycles. The van der Waals surface area contributed by atoms with Crippen LogP contribution in [0.25, 0.3) is 0 Å². The highest BCUT2D eigenvalue weighted by molar-refractivity contribution is 5.94. The molecule has 1 aromatic carbocycles. The third-order valence-corrected chi connectivity index (χ3v) is 3.70. The molecule has 1 amide bonds. The molecule has 0 aromatic heterocycles. The summed E-state index contributed by atoms with van der Waals surface area (Å²) in [5, 5.41) is 12.1. The quantitative estimate of drug-likeness (QED) is 0.862. The van der Waals surface area contributed by atoms with Gasteiger partial charge in [0.05, 0.1) is 12.5 Å². The summed E-state index contributed by atoms with van der Waals surface area (Å²) in [6.07, 6.45) is 0.644. The van der Waals surface area contributed by atoms with E-state index in [2.05, 4.69) is 11.4 Å². The lowest BCUT2D eigenvalue weighted by Crippen LogP contribution is -2.26. The van der Waals surface area contributed by atoms with Crippen LogP contribution in [-0.4, -0.2) is 17.6 Å². The molecule has 100 valence electrons. The maximum Gasteiger partial charge on any atom is 0.229 e. The first-order valence-electron chi connectivity index (χ1n) is 6.41. The van der Waals surface area contributed by atoms with E-state index < -0.39 is 0 Å². The number of hydrogen-bond donors (Lipinski definition) is 2. The van der Waals surface area contributed by atoms with Gasteiger partial charge >= 0.3 is 0 Å². The van der Waals surface area contributed by atoms with Gasteiger partial charge in [-0.15, -0.1) is 0 Å². The molecular weight excluding hydrogens is 226 g/mol. The second-order valence-corrected chi connectivity index (χ2v) is 4.91. The van der Waals surface area contributed by atoms with Crippen LogP contribution >= 0.6 is 0 Å². The lowest BCUT2D eigenvalue weighted by atomic mass is 9.98. The fraction of sp³-hybridized carbons (Fsp3) is 0.533. The van der Waals surface area contributed by atoms with Crippen LogP contribution in [0.1, 0.15) is 35.6 Å². The highest BCUT2D eigenvalue weighted by Crippen LogP contribution is 2.27. The van der Waals surface area contributed by atoms with Gasteiger partial charge in [0.1, 0.15) is 0 Å². The lowest BCUT2D eigenvalue weighted by molar-refractivity contribution is -0.121. The van der Waals surface area contributed by atoms with Gasteiger partial charge in [-0.2, -0.15) is 0 Å². The lowest BCUT2D eigenvalue weighted by Gasteiger charge is -2.18. The van der Waals surface area contributed by atoms with Gasteiger partial charge in [-0.1, -0.05) is 13.0 Å². The summed E-state index contributed by atoms with van der Waals surface area (Å²) >= 11 is 0. The molecule has 1 unspecified atom stereocenters. The molecule has 0 spiro atoms. The zero-order valence-electron chi connectivity index (χ0n) is 11.9. The number of carbonyl (C=O) groups is 1. The minimum Gasteiger partial charge on any atom is -0.396 e. The molecule has 3 nitrogen and oxygen atoms in total. The number of carbonyl (C=O) groups excluding carboxylic acids is 1. The Balaban J connectivity index is 3.08. The van der Waals surface area contributed by atoms with Crippen molar-refractivity contribution >= 4 is 11.6 Å². The Morgan fingerprint density at radius 1 is 1.22 bits per heavy atom. The Bertz CT molecular complexity index is 422. The van der Waals surface area contributed by atoms with Crippen molar-refractivity contribution in [2.75, 3.05) is 11.9 Å². The number of aliphatic hydroxyl groups is 1. The van der Waals surface area contributed by atoms with E-state index >= 15 is 0 Å². The van der Waals surface area contributed by atoms with Crippen molar-refractivity contribution in [2.45, 2.75) is 41.0 Å². The number of anilines is 1. The summed E-state index contributed by atoms with van der Waals surface area (Å²) in [6, 6.07) is 2.13. The van der Waals surface area contributed by atoms with Gasteiger partial charge in [0.2, 0.25) is 5.91 Å². The van der Waals surface area contributed by atoms with E-state index in [0.29, 0.717) is 6.42 Å². The van der Waals surface area contributed by atoms with Gasteiger partial charge < -0.3 is 10.4 Å². The van der Waals surface area contributed by atoms with Crippen LogP contribution in [0, 0.1) is 33.6 Å². The zero-order valence-corrected chi connectivity index (χ0v) is 11.9. The van der Waals surface area contributed by atoms with Gasteiger partial charge in [0.25, 0.3) is 0 Å². The molecule has 0 heterocycles. The van der Waals surface area contributed by atoms with E-state index in [9.17, 15) is 4.79 Å². The van der Waals surface area contributed by atoms with E-state index in [-0.39, 0.29) is 18.4 Å². The number of nitrogens with one attached hydrogen (secondary N) is 1. The highest BCUT2D eigenvalue weighted by atomic mass is 16.3. The van der Waals surface area contributed by atoms with E-state index in [1.807, 2.05) is 34.6 Å². The summed E-state index contributed by atoms with van der Waals surface area (Å²) in [5.41, 5.74) is 5.43. The Morgan fingerprint density at radius 3 is 2.11 bits per heavy atom. The normalized spacial score (nSPS) is 12.3. The summed E-state index contributed by atoms with van der Waals surface area (Å²) < 4.78 is 0. The van der Waals surface area contributed by atoms with Crippen molar-refractivity contribution in [3.63, 3.8) is 0 Å². The average molecular weight is 249 g/mol. The second kappa shape index (κ2) is 6.01. The predicted molar refractivity (Wildman–Crippen MR) is 74.9 cm³/mol. The zero-order chi connectivity index (χ0) is 13.9. The number of benzene rings is 1. The van der Waals surface area contributed by atoms with Crippen molar-refractivity contribution in [1.29, 1.82) is 0 Å². The number of rotatable bonds is 4. The molecule has 0 saturated heterocycles. The van der Waals surface area contributed by atoms with Crippen molar-refractivity contribution in [3.8, 4) is 0 Å². The fourth-order valence-electron chi connectivity index (χ4n) is 2.03.